The molecule has 6 heteroatoms. The van der Waals surface area contributed by atoms with Gasteiger partial charge in [-0.05, 0) is 34.1 Å². The first-order valence-electron chi connectivity index (χ1n) is 3.62. The maximum Gasteiger partial charge on any atom is 0.192 e. The number of benzene rings is 1. The summed E-state index contributed by atoms with van der Waals surface area (Å²) in [5, 5.41) is 8.34. The van der Waals surface area contributed by atoms with Gasteiger partial charge < -0.3 is 5.73 Å². The first-order chi connectivity index (χ1) is 6.47. The molecule has 14 heavy (non-hydrogen) atoms. The first kappa shape index (κ1) is 11.0. The zero-order chi connectivity index (χ0) is 10.8. The van der Waals surface area contributed by atoms with Crippen LogP contribution in [0.5, 0.6) is 0 Å². The van der Waals surface area contributed by atoms with Crippen LogP contribution in [0.2, 0.25) is 0 Å². The Balaban J connectivity index is 3.29. The molecule has 0 unspecified atom stereocenters. The fraction of sp³-hybridized carbons (Fsp3) is 0.125. The number of hydrogen-bond donors (Lipinski definition) is 1. The summed E-state index contributed by atoms with van der Waals surface area (Å²) in [7, 11) is -3.52. The van der Waals surface area contributed by atoms with E-state index < -0.39 is 15.6 Å². The number of rotatable bonds is 2. The molecule has 0 saturated carbocycles. The van der Waals surface area contributed by atoms with E-state index in [1.165, 1.54) is 18.2 Å². The van der Waals surface area contributed by atoms with Crippen LogP contribution in [0, 0.1) is 11.3 Å². The highest BCUT2D eigenvalue weighted by atomic mass is 79.9. The fourth-order valence-corrected chi connectivity index (χ4v) is 3.03. The van der Waals surface area contributed by atoms with Crippen molar-refractivity contribution in [3.63, 3.8) is 0 Å². The molecular formula is C8H7BrN2O2S. The van der Waals surface area contributed by atoms with Crippen molar-refractivity contribution < 1.29 is 8.42 Å². The van der Waals surface area contributed by atoms with E-state index in [2.05, 4.69) is 15.9 Å². The van der Waals surface area contributed by atoms with Crippen LogP contribution in [0.25, 0.3) is 0 Å². The van der Waals surface area contributed by atoms with E-state index in [0.717, 1.165) is 0 Å². The highest BCUT2D eigenvalue weighted by molar-refractivity contribution is 9.10. The predicted molar refractivity (Wildman–Crippen MR) is 56.2 cm³/mol. The van der Waals surface area contributed by atoms with Crippen molar-refractivity contribution >= 4 is 31.5 Å². The molecular weight excluding hydrogens is 268 g/mol. The molecule has 4 nitrogen and oxygen atoms in total. The number of sulfone groups is 1. The van der Waals surface area contributed by atoms with Crippen molar-refractivity contribution in [2.45, 2.75) is 4.90 Å². The minimum Gasteiger partial charge on any atom is -0.399 e. The predicted octanol–water partition coefficient (Wildman–Crippen LogP) is 1.33. The Morgan fingerprint density at radius 2 is 2.14 bits per heavy atom. The molecule has 0 fully saturated rings. The molecule has 2 N–H and O–H groups in total. The lowest BCUT2D eigenvalue weighted by molar-refractivity contribution is 0.599. The summed E-state index contributed by atoms with van der Waals surface area (Å²) in [5.41, 5.74) is 5.92. The summed E-state index contributed by atoms with van der Waals surface area (Å²) in [4.78, 5) is 0.0910. The van der Waals surface area contributed by atoms with Gasteiger partial charge in [-0.3, -0.25) is 0 Å². The topological polar surface area (TPSA) is 84.0 Å². The van der Waals surface area contributed by atoms with Gasteiger partial charge in [-0.25, -0.2) is 8.42 Å². The second kappa shape index (κ2) is 3.98. The minimum atomic E-state index is -3.52. The van der Waals surface area contributed by atoms with Crippen molar-refractivity contribution in [3.05, 3.63) is 22.7 Å². The molecule has 0 bridgehead atoms. The van der Waals surface area contributed by atoms with E-state index in [0.29, 0.717) is 10.2 Å². The van der Waals surface area contributed by atoms with Crippen LogP contribution in [-0.2, 0) is 9.84 Å². The van der Waals surface area contributed by atoms with Gasteiger partial charge in [-0.2, -0.15) is 5.26 Å². The molecule has 0 aliphatic rings. The Bertz CT molecular complexity index is 491. The summed E-state index contributed by atoms with van der Waals surface area (Å²) in [6.45, 7) is 0. The van der Waals surface area contributed by atoms with E-state index >= 15 is 0 Å². The molecule has 0 aliphatic heterocycles. The van der Waals surface area contributed by atoms with E-state index in [1.54, 1.807) is 6.07 Å². The third-order valence-corrected chi connectivity index (χ3v) is 4.00. The third-order valence-electron chi connectivity index (χ3n) is 1.55. The van der Waals surface area contributed by atoms with Crippen LogP contribution in [0.4, 0.5) is 5.69 Å². The Morgan fingerprint density at radius 3 is 2.64 bits per heavy atom. The Morgan fingerprint density at radius 1 is 1.50 bits per heavy atom. The highest BCUT2D eigenvalue weighted by Gasteiger charge is 2.17. The molecule has 74 valence electrons. The lowest BCUT2D eigenvalue weighted by atomic mass is 10.3. The van der Waals surface area contributed by atoms with E-state index in [9.17, 15) is 8.42 Å². The molecule has 0 heterocycles. The third kappa shape index (κ3) is 2.25. The summed E-state index contributed by atoms with van der Waals surface area (Å²) in [6, 6.07) is 5.96. The highest BCUT2D eigenvalue weighted by Crippen LogP contribution is 2.24. The summed E-state index contributed by atoms with van der Waals surface area (Å²) in [6.07, 6.45) is 0. The van der Waals surface area contributed by atoms with Crippen molar-refractivity contribution in [2.24, 2.45) is 0 Å². The van der Waals surface area contributed by atoms with Gasteiger partial charge in [0.15, 0.2) is 9.84 Å². The second-order valence-electron chi connectivity index (χ2n) is 2.61. The lowest BCUT2D eigenvalue weighted by Gasteiger charge is -2.03. The average molecular weight is 275 g/mol. The van der Waals surface area contributed by atoms with Crippen LogP contribution in [0.1, 0.15) is 0 Å². The van der Waals surface area contributed by atoms with Gasteiger partial charge in [0, 0.05) is 10.2 Å². The number of nitrogen functional groups attached to an aromatic ring is 1. The van der Waals surface area contributed by atoms with Gasteiger partial charge in [-0.15, -0.1) is 0 Å². The molecule has 0 spiro atoms. The van der Waals surface area contributed by atoms with Crippen molar-refractivity contribution in [1.82, 2.24) is 0 Å². The Labute approximate surface area is 90.4 Å². The molecule has 0 amide bonds. The van der Waals surface area contributed by atoms with Crippen LogP contribution < -0.4 is 5.73 Å². The number of nitrogens with two attached hydrogens (primary N) is 1. The molecule has 1 aromatic rings. The molecule has 1 rings (SSSR count). The number of nitriles is 1. The number of nitrogens with zero attached hydrogens (tertiary/aromatic N) is 1. The monoisotopic (exact) mass is 274 g/mol. The number of anilines is 1. The molecule has 0 aliphatic carbocycles. The maximum atomic E-state index is 11.5. The van der Waals surface area contributed by atoms with E-state index in [-0.39, 0.29) is 4.90 Å². The molecule has 0 radical (unpaired) electrons. The van der Waals surface area contributed by atoms with E-state index in [1.807, 2.05) is 0 Å². The minimum absolute atomic E-state index is 0.0910. The first-order valence-corrected chi connectivity index (χ1v) is 6.06. The molecule has 0 atom stereocenters. The Kier molecular flexibility index (Phi) is 3.13. The fourth-order valence-electron chi connectivity index (χ4n) is 0.932. The maximum absolute atomic E-state index is 11.5. The smallest absolute Gasteiger partial charge is 0.192 e. The normalized spacial score (nSPS) is 10.9. The van der Waals surface area contributed by atoms with Gasteiger partial charge in [0.25, 0.3) is 0 Å². The van der Waals surface area contributed by atoms with Crippen LogP contribution >= 0.6 is 15.9 Å². The lowest BCUT2D eigenvalue weighted by Crippen LogP contribution is -2.06. The van der Waals surface area contributed by atoms with Gasteiger partial charge in [-0.1, -0.05) is 0 Å². The zero-order valence-corrected chi connectivity index (χ0v) is 9.47. The summed E-state index contributed by atoms with van der Waals surface area (Å²) >= 11 is 3.08. The summed E-state index contributed by atoms with van der Waals surface area (Å²) in [5.74, 6) is -0.532. The van der Waals surface area contributed by atoms with Gasteiger partial charge in [0.2, 0.25) is 0 Å². The standard InChI is InChI=1S/C8H7BrN2O2S/c9-7-5-6(11)1-2-8(7)14(12,13)4-3-10/h1-2,5H,4,11H2. The van der Waals surface area contributed by atoms with Crippen molar-refractivity contribution in [3.8, 4) is 6.07 Å². The number of hydrogen-bond acceptors (Lipinski definition) is 4. The van der Waals surface area contributed by atoms with Gasteiger partial charge in [0.05, 0.1) is 11.0 Å². The van der Waals surface area contributed by atoms with Crippen molar-refractivity contribution in [2.75, 3.05) is 11.5 Å². The zero-order valence-electron chi connectivity index (χ0n) is 7.07. The van der Waals surface area contributed by atoms with Crippen LogP contribution in [0.15, 0.2) is 27.6 Å². The largest absolute Gasteiger partial charge is 0.399 e. The number of halogens is 1. The molecule has 0 aromatic heterocycles. The second-order valence-corrected chi connectivity index (χ2v) is 5.42. The van der Waals surface area contributed by atoms with Crippen LogP contribution in [0.3, 0.4) is 0 Å². The molecule has 0 saturated heterocycles. The van der Waals surface area contributed by atoms with E-state index in [4.69, 9.17) is 11.0 Å². The molecule has 1 aromatic carbocycles. The SMILES string of the molecule is N#CCS(=O)(=O)c1ccc(N)cc1Br. The van der Waals surface area contributed by atoms with Gasteiger partial charge in [0.1, 0.15) is 5.75 Å². The van der Waals surface area contributed by atoms with Crippen molar-refractivity contribution in [1.29, 1.82) is 5.26 Å². The van der Waals surface area contributed by atoms with Gasteiger partial charge >= 0.3 is 0 Å². The summed E-state index contributed by atoms with van der Waals surface area (Å²) < 4.78 is 23.3. The Hall–Kier alpha value is -1.06. The quantitative estimate of drug-likeness (QED) is 0.825. The average Bonchev–Trinajstić information content (AvgIpc) is 2.02. The van der Waals surface area contributed by atoms with Crippen LogP contribution in [-0.4, -0.2) is 14.2 Å².